The average molecular weight is 425 g/mol. The van der Waals surface area contributed by atoms with Gasteiger partial charge in [0, 0.05) is 18.7 Å². The molecule has 3 rings (SSSR count). The summed E-state index contributed by atoms with van der Waals surface area (Å²) in [5.74, 6) is 1.71. The summed E-state index contributed by atoms with van der Waals surface area (Å²) in [7, 11) is 1.63. The van der Waals surface area contributed by atoms with Gasteiger partial charge in [0.15, 0.2) is 0 Å². The first-order valence-corrected chi connectivity index (χ1v) is 10.7. The quantitative estimate of drug-likeness (QED) is 0.701. The van der Waals surface area contributed by atoms with Gasteiger partial charge < -0.3 is 19.7 Å². The molecule has 1 N–H and O–H groups in total. The van der Waals surface area contributed by atoms with E-state index < -0.39 is 5.41 Å². The second-order valence-corrected chi connectivity index (χ2v) is 9.06. The molecule has 6 nitrogen and oxygen atoms in total. The summed E-state index contributed by atoms with van der Waals surface area (Å²) in [6.45, 7) is 8.87. The van der Waals surface area contributed by atoms with Crippen LogP contribution in [0.5, 0.6) is 11.5 Å². The van der Waals surface area contributed by atoms with Gasteiger partial charge in [-0.1, -0.05) is 26.0 Å². The van der Waals surface area contributed by atoms with Gasteiger partial charge in [-0.15, -0.1) is 0 Å². The highest BCUT2D eigenvalue weighted by Gasteiger charge is 2.38. The maximum Gasteiger partial charge on any atom is 0.236 e. The number of methoxy groups -OCH3 is 1. The van der Waals surface area contributed by atoms with E-state index in [1.165, 1.54) is 0 Å². The second-order valence-electron chi connectivity index (χ2n) is 9.06. The van der Waals surface area contributed by atoms with Crippen LogP contribution in [0.3, 0.4) is 0 Å². The van der Waals surface area contributed by atoms with Crippen LogP contribution in [0.2, 0.25) is 0 Å². The standard InChI is InChI=1S/C25H32N2O4/c1-17(2)15-27-21-14-19(9-12-22(21)31-16-25(3,4)24(27)29)26-23(28)13-8-18-6-10-20(30-5)11-7-18/h6-7,9-12,14,17H,8,13,15-16H2,1-5H3,(H,26,28). The number of benzene rings is 2. The van der Waals surface area contributed by atoms with Gasteiger partial charge in [-0.25, -0.2) is 0 Å². The Balaban J connectivity index is 1.73. The molecule has 0 atom stereocenters. The maximum absolute atomic E-state index is 13.2. The smallest absolute Gasteiger partial charge is 0.236 e. The molecule has 0 spiro atoms. The number of carbonyl (C=O) groups excluding carboxylic acids is 2. The minimum atomic E-state index is -0.615. The number of nitrogens with one attached hydrogen (secondary N) is 1. The molecule has 166 valence electrons. The van der Waals surface area contributed by atoms with Crippen molar-refractivity contribution in [1.29, 1.82) is 0 Å². The van der Waals surface area contributed by atoms with Gasteiger partial charge in [0.2, 0.25) is 11.8 Å². The molecule has 2 aromatic carbocycles. The van der Waals surface area contributed by atoms with Crippen LogP contribution in [-0.4, -0.2) is 32.1 Å². The molecule has 0 unspecified atom stereocenters. The summed E-state index contributed by atoms with van der Waals surface area (Å²) >= 11 is 0. The molecule has 31 heavy (non-hydrogen) atoms. The van der Waals surface area contributed by atoms with Crippen LogP contribution in [0.1, 0.15) is 39.7 Å². The zero-order valence-electron chi connectivity index (χ0n) is 19.0. The Kier molecular flexibility index (Phi) is 6.88. The zero-order valence-corrected chi connectivity index (χ0v) is 19.0. The van der Waals surface area contributed by atoms with E-state index >= 15 is 0 Å². The van der Waals surface area contributed by atoms with Gasteiger partial charge in [0.25, 0.3) is 0 Å². The van der Waals surface area contributed by atoms with Crippen LogP contribution in [0.4, 0.5) is 11.4 Å². The fraction of sp³-hybridized carbons (Fsp3) is 0.440. The predicted octanol–water partition coefficient (Wildman–Crippen LogP) is 4.67. The number of ether oxygens (including phenoxy) is 2. The van der Waals surface area contributed by atoms with E-state index in [9.17, 15) is 9.59 Å². The first-order chi connectivity index (χ1) is 14.7. The van der Waals surface area contributed by atoms with Crippen LogP contribution >= 0.6 is 0 Å². The van der Waals surface area contributed by atoms with Gasteiger partial charge >= 0.3 is 0 Å². The number of rotatable bonds is 7. The van der Waals surface area contributed by atoms with Crippen LogP contribution in [0.25, 0.3) is 0 Å². The van der Waals surface area contributed by atoms with Crippen molar-refractivity contribution in [3.05, 3.63) is 48.0 Å². The molecule has 0 saturated heterocycles. The van der Waals surface area contributed by atoms with Crippen molar-refractivity contribution in [2.75, 3.05) is 30.5 Å². The summed E-state index contributed by atoms with van der Waals surface area (Å²) in [6.07, 6.45) is 0.998. The highest BCUT2D eigenvalue weighted by molar-refractivity contribution is 6.00. The number of anilines is 2. The molecular weight excluding hydrogens is 392 g/mol. The van der Waals surface area contributed by atoms with E-state index in [4.69, 9.17) is 9.47 Å². The number of fused-ring (bicyclic) bond motifs is 1. The fourth-order valence-electron chi connectivity index (χ4n) is 3.54. The third kappa shape index (κ3) is 5.57. The molecule has 0 saturated carbocycles. The van der Waals surface area contributed by atoms with Gasteiger partial charge in [-0.05, 0) is 62.1 Å². The molecule has 1 heterocycles. The van der Waals surface area contributed by atoms with E-state index in [1.54, 1.807) is 12.0 Å². The fourth-order valence-corrected chi connectivity index (χ4v) is 3.54. The number of aryl methyl sites for hydroxylation is 1. The Morgan fingerprint density at radius 2 is 1.90 bits per heavy atom. The van der Waals surface area contributed by atoms with Gasteiger partial charge in [-0.2, -0.15) is 0 Å². The van der Waals surface area contributed by atoms with E-state index in [0.29, 0.717) is 49.0 Å². The van der Waals surface area contributed by atoms with E-state index in [1.807, 2.05) is 56.3 Å². The summed E-state index contributed by atoms with van der Waals surface area (Å²) in [4.78, 5) is 27.5. The lowest BCUT2D eigenvalue weighted by Crippen LogP contribution is -2.43. The van der Waals surface area contributed by atoms with Crippen molar-refractivity contribution in [2.45, 2.75) is 40.5 Å². The number of hydrogen-bond donors (Lipinski definition) is 1. The molecule has 1 aliphatic heterocycles. The minimum absolute atomic E-state index is 0.0305. The Bertz CT molecular complexity index is 935. The van der Waals surface area contributed by atoms with Gasteiger partial charge in [0.1, 0.15) is 18.1 Å². The molecular formula is C25H32N2O4. The van der Waals surface area contributed by atoms with Crippen LogP contribution < -0.4 is 19.7 Å². The Hall–Kier alpha value is -3.02. The average Bonchev–Trinajstić information content (AvgIpc) is 2.82. The van der Waals surface area contributed by atoms with Crippen LogP contribution in [0.15, 0.2) is 42.5 Å². The highest BCUT2D eigenvalue weighted by atomic mass is 16.5. The van der Waals surface area contributed by atoms with Crippen molar-refractivity contribution in [2.24, 2.45) is 11.3 Å². The number of carbonyl (C=O) groups is 2. The molecule has 1 aliphatic rings. The summed E-state index contributed by atoms with van der Waals surface area (Å²) in [6, 6.07) is 13.2. The zero-order chi connectivity index (χ0) is 22.6. The maximum atomic E-state index is 13.2. The van der Waals surface area contributed by atoms with E-state index in [2.05, 4.69) is 19.2 Å². The van der Waals surface area contributed by atoms with Gasteiger partial charge in [0.05, 0.1) is 18.2 Å². The monoisotopic (exact) mass is 424 g/mol. The van der Waals surface area contributed by atoms with Crippen molar-refractivity contribution in [3.63, 3.8) is 0 Å². The minimum Gasteiger partial charge on any atom is -0.497 e. The SMILES string of the molecule is COc1ccc(CCC(=O)Nc2ccc3c(c2)N(CC(C)C)C(=O)C(C)(C)CO3)cc1. The Morgan fingerprint density at radius 1 is 1.19 bits per heavy atom. The molecule has 0 bridgehead atoms. The van der Waals surface area contributed by atoms with Crippen LogP contribution in [-0.2, 0) is 16.0 Å². The predicted molar refractivity (Wildman–Crippen MR) is 123 cm³/mol. The lowest BCUT2D eigenvalue weighted by atomic mass is 9.92. The van der Waals surface area contributed by atoms with E-state index in [0.717, 1.165) is 11.3 Å². The first kappa shape index (κ1) is 22.7. The lowest BCUT2D eigenvalue weighted by molar-refractivity contribution is -0.127. The van der Waals surface area contributed by atoms with Crippen molar-refractivity contribution in [1.82, 2.24) is 0 Å². The molecule has 0 aromatic heterocycles. The molecule has 0 fully saturated rings. The third-order valence-corrected chi connectivity index (χ3v) is 5.29. The molecule has 6 heteroatoms. The Labute approximate surface area is 184 Å². The summed E-state index contributed by atoms with van der Waals surface area (Å²) in [5, 5.41) is 2.96. The number of nitrogens with zero attached hydrogens (tertiary/aromatic N) is 1. The summed E-state index contributed by atoms with van der Waals surface area (Å²) in [5.41, 5.74) is 1.82. The summed E-state index contributed by atoms with van der Waals surface area (Å²) < 4.78 is 11.1. The first-order valence-electron chi connectivity index (χ1n) is 10.7. The second kappa shape index (κ2) is 9.41. The van der Waals surface area contributed by atoms with E-state index in [-0.39, 0.29) is 11.8 Å². The lowest BCUT2D eigenvalue weighted by Gasteiger charge is -2.29. The number of hydrogen-bond acceptors (Lipinski definition) is 4. The Morgan fingerprint density at radius 3 is 2.55 bits per heavy atom. The van der Waals surface area contributed by atoms with Crippen molar-refractivity contribution in [3.8, 4) is 11.5 Å². The molecule has 2 aromatic rings. The molecule has 2 amide bonds. The number of amides is 2. The molecule has 0 radical (unpaired) electrons. The third-order valence-electron chi connectivity index (χ3n) is 5.29. The van der Waals surface area contributed by atoms with Crippen molar-refractivity contribution >= 4 is 23.2 Å². The highest BCUT2D eigenvalue weighted by Crippen LogP contribution is 2.38. The van der Waals surface area contributed by atoms with Gasteiger partial charge in [-0.3, -0.25) is 9.59 Å². The largest absolute Gasteiger partial charge is 0.497 e. The topological polar surface area (TPSA) is 67.9 Å². The molecule has 0 aliphatic carbocycles. The van der Waals surface area contributed by atoms with Crippen LogP contribution in [0, 0.1) is 11.3 Å². The normalized spacial score (nSPS) is 15.2. The van der Waals surface area contributed by atoms with Crippen molar-refractivity contribution < 1.29 is 19.1 Å².